The summed E-state index contributed by atoms with van der Waals surface area (Å²) >= 11 is 1.49. The number of halogens is 1. The van der Waals surface area contributed by atoms with Crippen LogP contribution in [-0.2, 0) is 16.4 Å². The molecule has 2 atom stereocenters. The Labute approximate surface area is 157 Å². The zero-order valence-electron chi connectivity index (χ0n) is 14.3. The van der Waals surface area contributed by atoms with Gasteiger partial charge >= 0.3 is 0 Å². The average Bonchev–Trinajstić information content (AvgIpc) is 3.07. The third-order valence-electron chi connectivity index (χ3n) is 4.64. The van der Waals surface area contributed by atoms with Crippen LogP contribution in [0.25, 0.3) is 0 Å². The van der Waals surface area contributed by atoms with E-state index in [2.05, 4.69) is 4.99 Å². The largest absolute Gasteiger partial charge is 0.317 e. The van der Waals surface area contributed by atoms with Crippen molar-refractivity contribution in [1.82, 2.24) is 0 Å². The quantitative estimate of drug-likeness (QED) is 0.806. The van der Waals surface area contributed by atoms with E-state index in [4.69, 9.17) is 0 Å². The predicted octanol–water partition coefficient (Wildman–Crippen LogP) is 3.41. The number of benzene rings is 2. The first-order chi connectivity index (χ1) is 12.4. The van der Waals surface area contributed by atoms with Gasteiger partial charge in [0.15, 0.2) is 15.0 Å². The molecule has 0 spiro atoms. The third kappa shape index (κ3) is 3.50. The normalized spacial score (nSPS) is 23.5. The van der Waals surface area contributed by atoms with Crippen molar-refractivity contribution in [3.63, 3.8) is 0 Å². The molecule has 2 aromatic carbocycles. The topological polar surface area (TPSA) is 49.7 Å². The molecule has 26 heavy (non-hydrogen) atoms. The molecule has 0 amide bonds. The Kier molecular flexibility index (Phi) is 4.52. The van der Waals surface area contributed by atoms with Crippen LogP contribution in [0.4, 0.5) is 10.1 Å². The van der Waals surface area contributed by atoms with E-state index in [1.54, 1.807) is 12.1 Å². The smallest absolute Gasteiger partial charge is 0.164 e. The fraction of sp³-hybridized carbons (Fsp3) is 0.316. The molecule has 0 bridgehead atoms. The predicted molar refractivity (Wildman–Crippen MR) is 105 cm³/mol. The molecule has 0 radical (unpaired) electrons. The molecule has 2 aromatic rings. The van der Waals surface area contributed by atoms with Gasteiger partial charge in [-0.25, -0.2) is 12.8 Å². The van der Waals surface area contributed by atoms with Crippen LogP contribution in [0.3, 0.4) is 0 Å². The highest BCUT2D eigenvalue weighted by Crippen LogP contribution is 2.37. The maximum atomic E-state index is 14.2. The fourth-order valence-electron chi connectivity index (χ4n) is 3.33. The number of sulfone groups is 1. The van der Waals surface area contributed by atoms with Crippen LogP contribution in [0, 0.1) is 12.7 Å². The van der Waals surface area contributed by atoms with Gasteiger partial charge in [-0.1, -0.05) is 42.1 Å². The van der Waals surface area contributed by atoms with E-state index in [-0.39, 0.29) is 28.6 Å². The Balaban J connectivity index is 1.69. The molecule has 2 heterocycles. The van der Waals surface area contributed by atoms with Crippen molar-refractivity contribution in [3.05, 3.63) is 65.5 Å². The summed E-state index contributed by atoms with van der Waals surface area (Å²) < 4.78 is 37.9. The summed E-state index contributed by atoms with van der Waals surface area (Å²) in [6.45, 7) is 2.36. The van der Waals surface area contributed by atoms with Crippen molar-refractivity contribution in [2.75, 3.05) is 16.4 Å². The number of thioether (sulfide) groups is 1. The molecule has 0 aromatic heterocycles. The lowest BCUT2D eigenvalue weighted by Gasteiger charge is -2.25. The van der Waals surface area contributed by atoms with Gasteiger partial charge in [0.1, 0.15) is 5.82 Å². The maximum Gasteiger partial charge on any atom is 0.164 e. The van der Waals surface area contributed by atoms with Crippen LogP contribution in [0.5, 0.6) is 0 Å². The van der Waals surface area contributed by atoms with E-state index >= 15 is 0 Å². The van der Waals surface area contributed by atoms with E-state index < -0.39 is 9.84 Å². The van der Waals surface area contributed by atoms with Crippen LogP contribution in [-0.4, -0.2) is 36.4 Å². The second-order valence-corrected chi connectivity index (χ2v) is 10.1. The summed E-state index contributed by atoms with van der Waals surface area (Å²) in [6, 6.07) is 14.5. The molecule has 4 rings (SSSR count). The van der Waals surface area contributed by atoms with Gasteiger partial charge in [0, 0.05) is 16.5 Å². The van der Waals surface area contributed by atoms with Crippen LogP contribution >= 0.6 is 11.8 Å². The molecular weight excluding hydrogens is 371 g/mol. The lowest BCUT2D eigenvalue weighted by Crippen LogP contribution is -2.28. The molecule has 1 saturated heterocycles. The van der Waals surface area contributed by atoms with Crippen molar-refractivity contribution in [3.8, 4) is 0 Å². The molecule has 136 valence electrons. The molecular formula is C19H19FN2O2S2. The Hall–Kier alpha value is -1.86. The number of fused-ring (bicyclic) bond motifs is 1. The number of rotatable bonds is 3. The molecule has 2 aliphatic rings. The number of aliphatic imine (C=N–C) groups is 1. The highest BCUT2D eigenvalue weighted by atomic mass is 32.2. The van der Waals surface area contributed by atoms with E-state index in [0.29, 0.717) is 12.1 Å². The molecule has 2 unspecified atom stereocenters. The fourth-order valence-corrected chi connectivity index (χ4v) is 7.11. The SMILES string of the molecule is Cc1cccc(N(Cc2ccccc2F)C2=NC3CS(=O)(=O)CC3S2)c1. The van der Waals surface area contributed by atoms with Crippen LogP contribution < -0.4 is 4.90 Å². The first-order valence-corrected chi connectivity index (χ1v) is 11.1. The van der Waals surface area contributed by atoms with Gasteiger partial charge in [0.2, 0.25) is 0 Å². The number of aryl methyl sites for hydroxylation is 1. The summed E-state index contributed by atoms with van der Waals surface area (Å²) in [7, 11) is -3.00. The number of nitrogens with zero attached hydrogens (tertiary/aromatic N) is 2. The molecule has 0 aliphatic carbocycles. The van der Waals surface area contributed by atoms with E-state index in [1.165, 1.54) is 17.8 Å². The van der Waals surface area contributed by atoms with Crippen molar-refractivity contribution < 1.29 is 12.8 Å². The monoisotopic (exact) mass is 390 g/mol. The first kappa shape index (κ1) is 17.5. The van der Waals surface area contributed by atoms with Crippen molar-refractivity contribution in [1.29, 1.82) is 0 Å². The summed E-state index contributed by atoms with van der Waals surface area (Å²) in [5.74, 6) is 0.0168. The van der Waals surface area contributed by atoms with E-state index in [1.807, 2.05) is 42.2 Å². The third-order valence-corrected chi connectivity index (χ3v) is 7.88. The van der Waals surface area contributed by atoms with E-state index in [9.17, 15) is 12.8 Å². The highest BCUT2D eigenvalue weighted by Gasteiger charge is 2.44. The zero-order chi connectivity index (χ0) is 18.3. The minimum Gasteiger partial charge on any atom is -0.317 e. The molecule has 0 saturated carbocycles. The molecule has 7 heteroatoms. The van der Waals surface area contributed by atoms with Crippen molar-refractivity contribution in [2.45, 2.75) is 24.8 Å². The van der Waals surface area contributed by atoms with Gasteiger partial charge in [-0.2, -0.15) is 0 Å². The second-order valence-electron chi connectivity index (χ2n) is 6.73. The van der Waals surface area contributed by atoms with Crippen molar-refractivity contribution in [2.24, 2.45) is 4.99 Å². The van der Waals surface area contributed by atoms with Crippen LogP contribution in [0.1, 0.15) is 11.1 Å². The van der Waals surface area contributed by atoms with Gasteiger partial charge < -0.3 is 4.90 Å². The number of hydrogen-bond donors (Lipinski definition) is 0. The molecule has 2 aliphatic heterocycles. The minimum atomic E-state index is -3.00. The maximum absolute atomic E-state index is 14.2. The Bertz CT molecular complexity index is 975. The first-order valence-electron chi connectivity index (χ1n) is 8.44. The van der Waals surface area contributed by atoms with Gasteiger partial charge in [-0.15, -0.1) is 0 Å². The number of hydrogen-bond acceptors (Lipinski definition) is 5. The van der Waals surface area contributed by atoms with Gasteiger partial charge in [-0.3, -0.25) is 4.99 Å². The highest BCUT2D eigenvalue weighted by molar-refractivity contribution is 8.15. The summed E-state index contributed by atoms with van der Waals surface area (Å²) in [5.41, 5.74) is 2.62. The summed E-state index contributed by atoms with van der Waals surface area (Å²) in [5, 5.41) is 0.728. The average molecular weight is 391 g/mol. The lowest BCUT2D eigenvalue weighted by atomic mass is 10.1. The summed E-state index contributed by atoms with van der Waals surface area (Å²) in [4.78, 5) is 6.67. The standard InChI is InChI=1S/C19H19FN2O2S2/c1-13-5-4-7-15(9-13)22(10-14-6-2-3-8-16(14)20)19-21-17-11-26(23,24)12-18(17)25-19/h2-9,17-18H,10-12H2,1H3. The second kappa shape index (κ2) is 6.70. The molecule has 1 fully saturated rings. The van der Waals surface area contributed by atoms with Gasteiger partial charge in [0.05, 0.1) is 24.1 Å². The molecule has 4 nitrogen and oxygen atoms in total. The number of anilines is 1. The Morgan fingerprint density at radius 3 is 2.73 bits per heavy atom. The van der Waals surface area contributed by atoms with E-state index in [0.717, 1.165) is 16.4 Å². The van der Waals surface area contributed by atoms with Gasteiger partial charge in [0.25, 0.3) is 0 Å². The Morgan fingerprint density at radius 2 is 2.00 bits per heavy atom. The molecule has 0 N–H and O–H groups in total. The van der Waals surface area contributed by atoms with Crippen LogP contribution in [0.15, 0.2) is 53.5 Å². The lowest BCUT2D eigenvalue weighted by molar-refractivity contribution is 0.601. The van der Waals surface area contributed by atoms with Crippen molar-refractivity contribution >= 4 is 32.5 Å². The zero-order valence-corrected chi connectivity index (χ0v) is 15.9. The summed E-state index contributed by atoms with van der Waals surface area (Å²) in [6.07, 6.45) is 0. The Morgan fingerprint density at radius 1 is 1.19 bits per heavy atom. The van der Waals surface area contributed by atoms with Crippen LogP contribution in [0.2, 0.25) is 0 Å². The minimum absolute atomic E-state index is 0.0390. The number of amidine groups is 1. The van der Waals surface area contributed by atoms with Gasteiger partial charge in [-0.05, 0) is 30.7 Å².